The number of anilines is 1. The Morgan fingerprint density at radius 3 is 2.89 bits per heavy atom. The molecular weight excluding hydrogens is 302 g/mol. The number of ether oxygens (including phenoxy) is 2. The molecule has 0 aliphatic carbocycles. The molecule has 92 valence electrons. The molecule has 18 heavy (non-hydrogen) atoms. The second kappa shape index (κ2) is 4.02. The Balaban J connectivity index is 2.31. The number of hydrogen-bond donors (Lipinski definition) is 2. The summed E-state index contributed by atoms with van der Waals surface area (Å²) in [6.45, 7) is 0.0807. The zero-order valence-electron chi connectivity index (χ0n) is 9.07. The minimum Gasteiger partial charge on any atom is -0.453 e. The highest BCUT2D eigenvalue weighted by Crippen LogP contribution is 2.48. The maximum atomic E-state index is 11.0. The number of benzene rings is 1. The number of nitrogens with zero attached hydrogens (tertiary/aromatic N) is 1. The van der Waals surface area contributed by atoms with Gasteiger partial charge in [-0.25, -0.2) is 0 Å². The largest absolute Gasteiger partial charge is 0.453 e. The Hall–Kier alpha value is -2.02. The summed E-state index contributed by atoms with van der Waals surface area (Å²) in [5.74, 6) is 1.36. The lowest BCUT2D eigenvalue weighted by molar-refractivity contribution is 0.111. The molecule has 0 unspecified atom stereocenters. The lowest BCUT2D eigenvalue weighted by Gasteiger charge is -2.09. The third kappa shape index (κ3) is 1.47. The van der Waals surface area contributed by atoms with Gasteiger partial charge in [-0.05, 0) is 22.0 Å². The zero-order valence-corrected chi connectivity index (χ0v) is 10.7. The van der Waals surface area contributed by atoms with Crippen LogP contribution in [0.1, 0.15) is 10.4 Å². The van der Waals surface area contributed by atoms with Gasteiger partial charge in [0.2, 0.25) is 6.79 Å². The van der Waals surface area contributed by atoms with Crippen molar-refractivity contribution >= 4 is 28.0 Å². The fourth-order valence-corrected chi connectivity index (χ4v) is 2.54. The van der Waals surface area contributed by atoms with Crippen molar-refractivity contribution in [3.05, 3.63) is 22.3 Å². The van der Waals surface area contributed by atoms with Crippen LogP contribution in [0.4, 0.5) is 5.82 Å². The number of aromatic amines is 1. The Bertz CT molecular complexity index is 639. The molecule has 0 saturated heterocycles. The van der Waals surface area contributed by atoms with E-state index in [9.17, 15) is 4.79 Å². The summed E-state index contributed by atoms with van der Waals surface area (Å²) < 4.78 is 11.4. The molecule has 7 heteroatoms. The molecule has 3 N–H and O–H groups in total. The number of halogens is 1. The topological polar surface area (TPSA) is 90.2 Å². The number of nitrogen functional groups attached to an aromatic ring is 1. The number of nitrogens with one attached hydrogen (secondary N) is 1. The van der Waals surface area contributed by atoms with Gasteiger partial charge in [0.05, 0.1) is 11.8 Å². The molecular formula is C11H8BrN3O3. The molecule has 0 bridgehead atoms. The highest BCUT2D eigenvalue weighted by Gasteiger charge is 2.26. The fourth-order valence-electron chi connectivity index (χ4n) is 1.90. The van der Waals surface area contributed by atoms with E-state index in [2.05, 4.69) is 26.1 Å². The van der Waals surface area contributed by atoms with Crippen LogP contribution in [0.3, 0.4) is 0 Å². The van der Waals surface area contributed by atoms with Crippen LogP contribution in [0.5, 0.6) is 11.5 Å². The van der Waals surface area contributed by atoms with Gasteiger partial charge in [-0.2, -0.15) is 5.10 Å². The van der Waals surface area contributed by atoms with Crippen LogP contribution in [0.25, 0.3) is 11.1 Å². The molecule has 0 spiro atoms. The SMILES string of the molecule is Nc1[nH]ncc1-c1c(Br)cc(C=O)c2c1OCO2. The van der Waals surface area contributed by atoms with E-state index in [1.807, 2.05) is 0 Å². The van der Waals surface area contributed by atoms with Gasteiger partial charge in [-0.3, -0.25) is 9.89 Å². The molecule has 0 atom stereocenters. The predicted molar refractivity (Wildman–Crippen MR) is 67.6 cm³/mol. The molecule has 2 aromatic rings. The van der Waals surface area contributed by atoms with Gasteiger partial charge in [0.15, 0.2) is 17.8 Å². The summed E-state index contributed by atoms with van der Waals surface area (Å²) in [6.07, 6.45) is 2.32. The first-order chi connectivity index (χ1) is 8.72. The van der Waals surface area contributed by atoms with Crippen molar-refractivity contribution in [2.75, 3.05) is 12.5 Å². The average Bonchev–Trinajstić information content (AvgIpc) is 2.97. The average molecular weight is 310 g/mol. The van der Waals surface area contributed by atoms with E-state index in [0.717, 1.165) is 11.8 Å². The van der Waals surface area contributed by atoms with Gasteiger partial charge in [0.1, 0.15) is 5.82 Å². The van der Waals surface area contributed by atoms with E-state index in [1.54, 1.807) is 12.3 Å². The van der Waals surface area contributed by atoms with Crippen LogP contribution in [-0.2, 0) is 0 Å². The van der Waals surface area contributed by atoms with Gasteiger partial charge in [-0.15, -0.1) is 0 Å². The maximum Gasteiger partial charge on any atom is 0.231 e. The molecule has 2 heterocycles. The van der Waals surface area contributed by atoms with Crippen molar-refractivity contribution in [1.82, 2.24) is 10.2 Å². The van der Waals surface area contributed by atoms with Gasteiger partial charge in [0, 0.05) is 15.6 Å². The van der Waals surface area contributed by atoms with E-state index in [4.69, 9.17) is 15.2 Å². The molecule has 0 saturated carbocycles. The summed E-state index contributed by atoms with van der Waals surface area (Å²) in [5, 5.41) is 6.53. The number of aldehydes is 1. The van der Waals surface area contributed by atoms with Gasteiger partial charge >= 0.3 is 0 Å². The van der Waals surface area contributed by atoms with Gasteiger partial charge in [-0.1, -0.05) is 0 Å². The first-order valence-corrected chi connectivity index (χ1v) is 5.88. The summed E-state index contributed by atoms with van der Waals surface area (Å²) in [5.41, 5.74) is 7.65. The summed E-state index contributed by atoms with van der Waals surface area (Å²) in [4.78, 5) is 11.0. The lowest BCUT2D eigenvalue weighted by atomic mass is 10.0. The fraction of sp³-hybridized carbons (Fsp3) is 0.0909. The molecule has 6 nitrogen and oxygen atoms in total. The molecule has 0 fully saturated rings. The van der Waals surface area contributed by atoms with Crippen molar-refractivity contribution in [3.8, 4) is 22.6 Å². The maximum absolute atomic E-state index is 11.0. The molecule has 3 rings (SSSR count). The number of fused-ring (bicyclic) bond motifs is 1. The number of aromatic nitrogens is 2. The van der Waals surface area contributed by atoms with Crippen LogP contribution in [0.15, 0.2) is 16.7 Å². The quantitative estimate of drug-likeness (QED) is 0.828. The summed E-state index contributed by atoms with van der Waals surface area (Å²) in [7, 11) is 0. The highest BCUT2D eigenvalue weighted by atomic mass is 79.9. The molecule has 0 radical (unpaired) electrons. The minimum absolute atomic E-state index is 0.0807. The van der Waals surface area contributed by atoms with E-state index in [-0.39, 0.29) is 6.79 Å². The van der Waals surface area contributed by atoms with Gasteiger partial charge in [0.25, 0.3) is 0 Å². The Morgan fingerprint density at radius 2 is 2.22 bits per heavy atom. The molecule has 0 amide bonds. The monoisotopic (exact) mass is 309 g/mol. The number of carbonyl (C=O) groups is 1. The molecule has 1 aromatic carbocycles. The van der Waals surface area contributed by atoms with Gasteiger partial charge < -0.3 is 15.2 Å². The second-order valence-corrected chi connectivity index (χ2v) is 4.56. The minimum atomic E-state index is 0.0807. The Morgan fingerprint density at radius 1 is 1.44 bits per heavy atom. The number of H-pyrrole nitrogens is 1. The Kier molecular flexibility index (Phi) is 2.48. The first kappa shape index (κ1) is 11.1. The second-order valence-electron chi connectivity index (χ2n) is 3.70. The molecule has 1 aromatic heterocycles. The first-order valence-electron chi connectivity index (χ1n) is 5.09. The summed E-state index contributed by atoms with van der Waals surface area (Å²) >= 11 is 3.41. The van der Waals surface area contributed by atoms with Crippen molar-refractivity contribution in [2.45, 2.75) is 0 Å². The number of carbonyl (C=O) groups excluding carboxylic acids is 1. The van der Waals surface area contributed by atoms with Crippen molar-refractivity contribution in [3.63, 3.8) is 0 Å². The van der Waals surface area contributed by atoms with E-state index in [1.165, 1.54) is 0 Å². The third-order valence-corrected chi connectivity index (χ3v) is 3.31. The van der Waals surface area contributed by atoms with E-state index < -0.39 is 0 Å². The number of rotatable bonds is 2. The lowest BCUT2D eigenvalue weighted by Crippen LogP contribution is -1.94. The summed E-state index contributed by atoms with van der Waals surface area (Å²) in [6, 6.07) is 1.67. The van der Waals surface area contributed by atoms with Crippen LogP contribution >= 0.6 is 15.9 Å². The van der Waals surface area contributed by atoms with E-state index in [0.29, 0.717) is 32.9 Å². The molecule has 1 aliphatic heterocycles. The smallest absolute Gasteiger partial charge is 0.231 e. The highest BCUT2D eigenvalue weighted by molar-refractivity contribution is 9.10. The standard InChI is InChI=1S/C11H8BrN3O3/c12-7-1-5(3-16)9-10(18-4-17-9)8(7)6-2-14-15-11(6)13/h1-3H,4H2,(H3,13,14,15). The van der Waals surface area contributed by atoms with Crippen molar-refractivity contribution in [2.24, 2.45) is 0 Å². The van der Waals surface area contributed by atoms with Crippen LogP contribution < -0.4 is 15.2 Å². The van der Waals surface area contributed by atoms with Crippen molar-refractivity contribution in [1.29, 1.82) is 0 Å². The number of nitrogens with two attached hydrogens (primary N) is 1. The molecule has 1 aliphatic rings. The van der Waals surface area contributed by atoms with Crippen molar-refractivity contribution < 1.29 is 14.3 Å². The normalized spacial score (nSPS) is 12.7. The van der Waals surface area contributed by atoms with Crippen LogP contribution in [0, 0.1) is 0 Å². The zero-order chi connectivity index (χ0) is 12.7. The third-order valence-electron chi connectivity index (χ3n) is 2.69. The van der Waals surface area contributed by atoms with Crippen LogP contribution in [-0.4, -0.2) is 23.3 Å². The Labute approximate surface area is 110 Å². The number of hydrogen-bond acceptors (Lipinski definition) is 5. The van der Waals surface area contributed by atoms with Crippen LogP contribution in [0.2, 0.25) is 0 Å². The predicted octanol–water partition coefficient (Wildman–Crippen LogP) is 1.96. The van der Waals surface area contributed by atoms with E-state index >= 15 is 0 Å².